The van der Waals surface area contributed by atoms with Gasteiger partial charge in [-0.3, -0.25) is 9.78 Å². The predicted octanol–water partition coefficient (Wildman–Crippen LogP) is 3.27. The molecule has 4 rings (SSSR count). The van der Waals surface area contributed by atoms with Crippen molar-refractivity contribution in [3.05, 3.63) is 79.5 Å². The summed E-state index contributed by atoms with van der Waals surface area (Å²) in [5.41, 5.74) is 3.63. The van der Waals surface area contributed by atoms with Gasteiger partial charge in [0.05, 0.1) is 30.3 Å². The fraction of sp³-hybridized carbons (Fsp3) is 0.0952. The van der Waals surface area contributed by atoms with Crippen molar-refractivity contribution in [2.45, 2.75) is 6.04 Å². The number of hydrogen-bond donors (Lipinski definition) is 2. The van der Waals surface area contributed by atoms with Crippen LogP contribution in [0.5, 0.6) is 0 Å². The number of amides is 1. The fourth-order valence-electron chi connectivity index (χ4n) is 3.00. The number of carbonyl (C=O) groups excluding carboxylic acids is 1. The first kappa shape index (κ1) is 16.9. The lowest BCUT2D eigenvalue weighted by Crippen LogP contribution is -2.28. The molecule has 6 heteroatoms. The van der Waals surface area contributed by atoms with Crippen LogP contribution in [0.1, 0.15) is 6.04 Å². The van der Waals surface area contributed by atoms with Crippen molar-refractivity contribution in [1.82, 2.24) is 14.5 Å². The highest BCUT2D eigenvalue weighted by molar-refractivity contribution is 5.96. The maximum absolute atomic E-state index is 12.5. The minimum absolute atomic E-state index is 0.318. The summed E-state index contributed by atoms with van der Waals surface area (Å²) in [6.45, 7) is -0.318. The minimum Gasteiger partial charge on any atom is -0.394 e. The van der Waals surface area contributed by atoms with E-state index in [0.717, 1.165) is 22.0 Å². The van der Waals surface area contributed by atoms with E-state index in [9.17, 15) is 9.90 Å². The summed E-state index contributed by atoms with van der Waals surface area (Å²) in [7, 11) is 0. The van der Waals surface area contributed by atoms with Crippen molar-refractivity contribution in [2.75, 3.05) is 11.9 Å². The van der Waals surface area contributed by atoms with Crippen LogP contribution in [0.3, 0.4) is 0 Å². The third-order valence-corrected chi connectivity index (χ3v) is 4.42. The van der Waals surface area contributed by atoms with E-state index in [0.29, 0.717) is 5.69 Å². The van der Waals surface area contributed by atoms with Gasteiger partial charge < -0.3 is 15.0 Å². The Kier molecular flexibility index (Phi) is 4.63. The van der Waals surface area contributed by atoms with Gasteiger partial charge in [-0.2, -0.15) is 0 Å². The summed E-state index contributed by atoms with van der Waals surface area (Å²) < 4.78 is 1.57. The van der Waals surface area contributed by atoms with Gasteiger partial charge in [-0.15, -0.1) is 0 Å². The van der Waals surface area contributed by atoms with Gasteiger partial charge in [0.15, 0.2) is 0 Å². The summed E-state index contributed by atoms with van der Waals surface area (Å²) in [5.74, 6) is -0.323. The van der Waals surface area contributed by atoms with Gasteiger partial charge >= 0.3 is 0 Å². The van der Waals surface area contributed by atoms with E-state index in [2.05, 4.69) is 27.4 Å². The Morgan fingerprint density at radius 2 is 1.96 bits per heavy atom. The minimum atomic E-state index is -0.737. The molecule has 0 aliphatic heterocycles. The van der Waals surface area contributed by atoms with Gasteiger partial charge in [0.1, 0.15) is 6.04 Å². The number of aliphatic hydroxyl groups excluding tert-OH is 1. The number of fused-ring (bicyclic) bond motifs is 1. The van der Waals surface area contributed by atoms with E-state index in [1.807, 2.05) is 42.5 Å². The molecular formula is C21H18N4O2. The zero-order chi connectivity index (χ0) is 18.6. The van der Waals surface area contributed by atoms with Gasteiger partial charge in [-0.05, 0) is 29.3 Å². The number of aromatic nitrogens is 3. The molecule has 1 atom stereocenters. The topological polar surface area (TPSA) is 80.0 Å². The maximum Gasteiger partial charge on any atom is 0.249 e. The molecule has 1 unspecified atom stereocenters. The van der Waals surface area contributed by atoms with Crippen molar-refractivity contribution in [1.29, 1.82) is 0 Å². The zero-order valence-corrected chi connectivity index (χ0v) is 14.5. The predicted molar refractivity (Wildman–Crippen MR) is 104 cm³/mol. The molecular weight excluding hydrogens is 340 g/mol. The molecule has 0 aliphatic carbocycles. The summed E-state index contributed by atoms with van der Waals surface area (Å²) in [4.78, 5) is 20.9. The van der Waals surface area contributed by atoms with Crippen LogP contribution < -0.4 is 5.32 Å². The monoisotopic (exact) mass is 358 g/mol. The van der Waals surface area contributed by atoms with Crippen molar-refractivity contribution in [3.8, 4) is 11.1 Å². The number of hydrogen-bond acceptors (Lipinski definition) is 4. The number of rotatable bonds is 5. The molecule has 4 aromatic rings. The molecule has 0 bridgehead atoms. The lowest BCUT2D eigenvalue weighted by Gasteiger charge is -2.15. The molecule has 0 fully saturated rings. The van der Waals surface area contributed by atoms with E-state index in [1.54, 1.807) is 23.2 Å². The molecule has 2 aromatic heterocycles. The van der Waals surface area contributed by atoms with Gasteiger partial charge in [-0.1, -0.05) is 36.4 Å². The summed E-state index contributed by atoms with van der Waals surface area (Å²) in [6.07, 6.45) is 6.33. The molecule has 0 radical (unpaired) electrons. The Balaban J connectivity index is 1.61. The lowest BCUT2D eigenvalue weighted by molar-refractivity contribution is -0.120. The highest BCUT2D eigenvalue weighted by Crippen LogP contribution is 2.25. The second kappa shape index (κ2) is 7.39. The third kappa shape index (κ3) is 3.56. The van der Waals surface area contributed by atoms with E-state index < -0.39 is 6.04 Å². The first-order chi connectivity index (χ1) is 13.2. The van der Waals surface area contributed by atoms with Crippen LogP contribution in [0.15, 0.2) is 79.5 Å². The number of carbonyl (C=O) groups is 1. The molecule has 2 N–H and O–H groups in total. The smallest absolute Gasteiger partial charge is 0.249 e. The van der Waals surface area contributed by atoms with Gasteiger partial charge in [0, 0.05) is 17.8 Å². The molecule has 0 aliphatic rings. The van der Waals surface area contributed by atoms with Gasteiger partial charge in [0.25, 0.3) is 0 Å². The summed E-state index contributed by atoms with van der Waals surface area (Å²) in [6, 6.07) is 17.3. The highest BCUT2D eigenvalue weighted by Gasteiger charge is 2.19. The number of imidazole rings is 1. The van der Waals surface area contributed by atoms with Gasteiger partial charge in [0.2, 0.25) is 5.91 Å². The number of anilines is 1. The second-order valence-corrected chi connectivity index (χ2v) is 6.20. The summed E-state index contributed by atoms with van der Waals surface area (Å²) >= 11 is 0. The van der Waals surface area contributed by atoms with Crippen molar-refractivity contribution < 1.29 is 9.90 Å². The Morgan fingerprint density at radius 1 is 1.11 bits per heavy atom. The molecule has 0 saturated heterocycles. The van der Waals surface area contributed by atoms with Crippen LogP contribution in [-0.2, 0) is 4.79 Å². The largest absolute Gasteiger partial charge is 0.394 e. The number of pyridine rings is 1. The average Bonchev–Trinajstić information content (AvgIpc) is 3.23. The van der Waals surface area contributed by atoms with Crippen LogP contribution in [0.2, 0.25) is 0 Å². The molecule has 0 saturated carbocycles. The third-order valence-electron chi connectivity index (χ3n) is 4.42. The Hall–Kier alpha value is -3.51. The lowest BCUT2D eigenvalue weighted by atomic mass is 10.0. The molecule has 2 heterocycles. The molecule has 2 aromatic carbocycles. The maximum atomic E-state index is 12.5. The highest BCUT2D eigenvalue weighted by atomic mass is 16.3. The molecule has 134 valence electrons. The second-order valence-electron chi connectivity index (χ2n) is 6.20. The number of benzene rings is 2. The Bertz CT molecular complexity index is 1060. The molecule has 0 spiro atoms. The quantitative estimate of drug-likeness (QED) is 0.574. The first-order valence-corrected chi connectivity index (χ1v) is 8.59. The number of nitrogens with one attached hydrogen (secondary N) is 1. The number of aliphatic hydroxyl groups is 1. The Labute approximate surface area is 156 Å². The van der Waals surface area contributed by atoms with Crippen LogP contribution in [0, 0.1) is 0 Å². The van der Waals surface area contributed by atoms with Crippen molar-refractivity contribution in [3.63, 3.8) is 0 Å². The SMILES string of the molecule is O=C(Nc1cnc2ccc(-c3ccccc3)cc2c1)C(CO)n1ccnc1. The van der Waals surface area contributed by atoms with Crippen LogP contribution in [0.4, 0.5) is 5.69 Å². The Morgan fingerprint density at radius 3 is 2.70 bits per heavy atom. The van der Waals surface area contributed by atoms with Crippen molar-refractivity contribution >= 4 is 22.5 Å². The van der Waals surface area contributed by atoms with E-state index in [-0.39, 0.29) is 12.5 Å². The standard InChI is InChI=1S/C21H18N4O2/c26-13-20(25-9-8-22-14-25)21(27)24-18-11-17-10-16(6-7-19(17)23-12-18)15-4-2-1-3-5-15/h1-12,14,20,26H,13H2,(H,24,27). The zero-order valence-electron chi connectivity index (χ0n) is 14.5. The van der Waals surface area contributed by atoms with Crippen molar-refractivity contribution in [2.24, 2.45) is 0 Å². The summed E-state index contributed by atoms with van der Waals surface area (Å²) in [5, 5.41) is 13.3. The van der Waals surface area contributed by atoms with E-state index in [1.165, 1.54) is 6.33 Å². The fourth-order valence-corrected chi connectivity index (χ4v) is 3.00. The van der Waals surface area contributed by atoms with Crippen LogP contribution in [-0.4, -0.2) is 32.2 Å². The molecule has 27 heavy (non-hydrogen) atoms. The van der Waals surface area contributed by atoms with E-state index >= 15 is 0 Å². The van der Waals surface area contributed by atoms with Gasteiger partial charge in [-0.25, -0.2) is 4.98 Å². The number of nitrogens with zero attached hydrogens (tertiary/aromatic N) is 3. The molecule has 6 nitrogen and oxygen atoms in total. The molecule has 1 amide bonds. The average molecular weight is 358 g/mol. The van der Waals surface area contributed by atoms with E-state index in [4.69, 9.17) is 0 Å². The van der Waals surface area contributed by atoms with Crippen LogP contribution in [0.25, 0.3) is 22.0 Å². The first-order valence-electron chi connectivity index (χ1n) is 8.59. The van der Waals surface area contributed by atoms with Crippen LogP contribution >= 0.6 is 0 Å². The normalized spacial score (nSPS) is 12.0.